The van der Waals surface area contributed by atoms with Gasteiger partial charge in [0.1, 0.15) is 0 Å². The highest BCUT2D eigenvalue weighted by Gasteiger charge is 2.33. The second-order valence-corrected chi connectivity index (χ2v) is 7.55. The second kappa shape index (κ2) is 8.56. The van der Waals surface area contributed by atoms with Crippen LogP contribution in [0.15, 0.2) is 23.1 Å². The van der Waals surface area contributed by atoms with Crippen LogP contribution in [-0.2, 0) is 14.8 Å². The number of nitro groups is 1. The van der Waals surface area contributed by atoms with E-state index in [2.05, 4.69) is 5.32 Å². The average Bonchev–Trinajstić information content (AvgIpc) is 2.54. The van der Waals surface area contributed by atoms with E-state index in [1.54, 1.807) is 4.90 Å². The van der Waals surface area contributed by atoms with Gasteiger partial charge in [-0.15, -0.1) is 12.4 Å². The molecule has 0 bridgehead atoms. The molecule has 1 fully saturated rings. The lowest BCUT2D eigenvalue weighted by Crippen LogP contribution is -2.49. The van der Waals surface area contributed by atoms with E-state index in [0.717, 1.165) is 10.4 Å². The van der Waals surface area contributed by atoms with Crippen molar-refractivity contribution in [2.24, 2.45) is 0 Å². The minimum atomic E-state index is -4.15. The van der Waals surface area contributed by atoms with Crippen LogP contribution in [0.1, 0.15) is 5.56 Å². The Morgan fingerprint density at radius 2 is 1.96 bits per heavy atom. The number of rotatable bonds is 5. The van der Waals surface area contributed by atoms with Crippen molar-refractivity contribution in [3.05, 3.63) is 33.9 Å². The molecule has 0 atom stereocenters. The quantitative estimate of drug-likeness (QED) is 0.572. The molecule has 1 heterocycles. The van der Waals surface area contributed by atoms with Crippen molar-refractivity contribution in [2.45, 2.75) is 11.8 Å². The molecule has 0 aliphatic carbocycles. The molecular weight excluding hydrogens is 372 g/mol. The number of nitrogens with one attached hydrogen (secondary N) is 1. The standard InChI is InChI=1S/C14H20N4O5S.ClH/c1-11-4-3-5-12(18(20)21)14(11)24(22,23)16(2)10-13(19)17-8-6-15-7-9-17;/h3-5,15H,6-10H2,1-2H3;1H. The fourth-order valence-corrected chi connectivity index (χ4v) is 4.04. The maximum atomic E-state index is 12.7. The third-order valence-electron chi connectivity index (χ3n) is 3.88. The van der Waals surface area contributed by atoms with Gasteiger partial charge in [0.05, 0.1) is 11.5 Å². The first-order chi connectivity index (χ1) is 11.2. The van der Waals surface area contributed by atoms with Crippen molar-refractivity contribution in [1.29, 1.82) is 0 Å². The zero-order chi connectivity index (χ0) is 17.9. The molecule has 0 spiro atoms. The summed E-state index contributed by atoms with van der Waals surface area (Å²) >= 11 is 0. The van der Waals surface area contributed by atoms with Crippen molar-refractivity contribution < 1.29 is 18.1 Å². The summed E-state index contributed by atoms with van der Waals surface area (Å²) < 4.78 is 26.3. The molecule has 0 unspecified atom stereocenters. The monoisotopic (exact) mass is 392 g/mol. The van der Waals surface area contributed by atoms with Gasteiger partial charge in [-0.05, 0) is 12.5 Å². The van der Waals surface area contributed by atoms with Crippen molar-refractivity contribution in [1.82, 2.24) is 14.5 Å². The highest BCUT2D eigenvalue weighted by molar-refractivity contribution is 7.89. The summed E-state index contributed by atoms with van der Waals surface area (Å²) in [6.07, 6.45) is 0. The number of likely N-dealkylation sites (N-methyl/N-ethyl adjacent to an activating group) is 1. The largest absolute Gasteiger partial charge is 0.339 e. The van der Waals surface area contributed by atoms with E-state index in [1.165, 1.54) is 26.1 Å². The molecular formula is C14H21ClN4O5S. The zero-order valence-electron chi connectivity index (χ0n) is 14.0. The van der Waals surface area contributed by atoms with E-state index in [-0.39, 0.29) is 35.3 Å². The number of sulfonamides is 1. The first kappa shape index (κ1) is 21.3. The van der Waals surface area contributed by atoms with Crippen LogP contribution in [0.25, 0.3) is 0 Å². The van der Waals surface area contributed by atoms with Gasteiger partial charge < -0.3 is 10.2 Å². The van der Waals surface area contributed by atoms with Gasteiger partial charge in [-0.1, -0.05) is 12.1 Å². The second-order valence-electron chi connectivity index (χ2n) is 5.57. The third-order valence-corrected chi connectivity index (χ3v) is 5.88. The summed E-state index contributed by atoms with van der Waals surface area (Å²) in [6.45, 7) is 3.48. The summed E-state index contributed by atoms with van der Waals surface area (Å²) in [5.74, 6) is -0.321. The van der Waals surface area contributed by atoms with Gasteiger partial charge in [0.15, 0.2) is 4.90 Å². The summed E-state index contributed by atoms with van der Waals surface area (Å²) in [6, 6.07) is 4.07. The maximum absolute atomic E-state index is 12.7. The Labute approximate surface area is 152 Å². The molecule has 1 N–H and O–H groups in total. The van der Waals surface area contributed by atoms with Crippen LogP contribution in [0.5, 0.6) is 0 Å². The summed E-state index contributed by atoms with van der Waals surface area (Å²) in [4.78, 5) is 23.9. The van der Waals surface area contributed by atoms with Crippen LogP contribution >= 0.6 is 12.4 Å². The number of hydrogen-bond acceptors (Lipinski definition) is 6. The lowest BCUT2D eigenvalue weighted by molar-refractivity contribution is -0.387. The smallest absolute Gasteiger partial charge is 0.289 e. The minimum absolute atomic E-state index is 0. The maximum Gasteiger partial charge on any atom is 0.289 e. The topological polar surface area (TPSA) is 113 Å². The molecule has 1 aliphatic rings. The number of nitrogens with zero attached hydrogens (tertiary/aromatic N) is 3. The van der Waals surface area contributed by atoms with E-state index in [0.29, 0.717) is 26.2 Å². The lowest BCUT2D eigenvalue weighted by Gasteiger charge is -2.29. The third kappa shape index (κ3) is 4.66. The summed E-state index contributed by atoms with van der Waals surface area (Å²) in [5.41, 5.74) is -0.220. The molecule has 0 aromatic heterocycles. The number of carbonyl (C=O) groups is 1. The fraction of sp³-hybridized carbons (Fsp3) is 0.500. The number of halogens is 1. The normalized spacial score (nSPS) is 14.9. The molecule has 1 aromatic rings. The van der Waals surface area contributed by atoms with Gasteiger partial charge >= 0.3 is 0 Å². The highest BCUT2D eigenvalue weighted by atomic mass is 35.5. The fourth-order valence-electron chi connectivity index (χ4n) is 2.56. The van der Waals surface area contributed by atoms with Crippen molar-refractivity contribution >= 4 is 34.0 Å². The number of benzene rings is 1. The Morgan fingerprint density at radius 1 is 1.36 bits per heavy atom. The van der Waals surface area contributed by atoms with Crippen molar-refractivity contribution in [2.75, 3.05) is 39.8 Å². The molecule has 25 heavy (non-hydrogen) atoms. The first-order valence-electron chi connectivity index (χ1n) is 7.44. The van der Waals surface area contributed by atoms with E-state index in [4.69, 9.17) is 0 Å². The Hall–Kier alpha value is -1.75. The van der Waals surface area contributed by atoms with Gasteiger partial charge in [0.25, 0.3) is 5.69 Å². The lowest BCUT2D eigenvalue weighted by atomic mass is 10.2. The molecule has 1 amide bonds. The van der Waals surface area contributed by atoms with Gasteiger partial charge in [0.2, 0.25) is 15.9 Å². The van der Waals surface area contributed by atoms with Gasteiger partial charge in [0, 0.05) is 39.3 Å². The molecule has 0 radical (unpaired) electrons. The molecule has 1 saturated heterocycles. The molecule has 0 saturated carbocycles. The van der Waals surface area contributed by atoms with Gasteiger partial charge in [-0.3, -0.25) is 14.9 Å². The zero-order valence-corrected chi connectivity index (χ0v) is 15.6. The van der Waals surface area contributed by atoms with Crippen LogP contribution in [0.4, 0.5) is 5.69 Å². The molecule has 1 aromatic carbocycles. The van der Waals surface area contributed by atoms with Crippen LogP contribution < -0.4 is 5.32 Å². The van der Waals surface area contributed by atoms with Gasteiger partial charge in [-0.2, -0.15) is 4.31 Å². The number of amides is 1. The predicted molar refractivity (Wildman–Crippen MR) is 94.3 cm³/mol. The number of aryl methyl sites for hydroxylation is 1. The van der Waals surface area contributed by atoms with E-state index in [1.807, 2.05) is 0 Å². The van der Waals surface area contributed by atoms with Crippen LogP contribution in [0.2, 0.25) is 0 Å². The minimum Gasteiger partial charge on any atom is -0.339 e. The van der Waals surface area contributed by atoms with Crippen LogP contribution in [-0.4, -0.2) is 68.2 Å². The molecule has 2 rings (SSSR count). The number of nitro benzene ring substituents is 1. The molecule has 9 nitrogen and oxygen atoms in total. The predicted octanol–water partition coefficient (Wildman–Crippen LogP) is 0.377. The molecule has 1 aliphatic heterocycles. The van der Waals surface area contributed by atoms with E-state index in [9.17, 15) is 23.3 Å². The van der Waals surface area contributed by atoms with E-state index < -0.39 is 20.6 Å². The summed E-state index contributed by atoms with van der Waals surface area (Å²) in [5, 5.41) is 14.3. The number of piperazine rings is 1. The van der Waals surface area contributed by atoms with Crippen LogP contribution in [0, 0.1) is 17.0 Å². The Morgan fingerprint density at radius 3 is 2.52 bits per heavy atom. The van der Waals surface area contributed by atoms with Crippen molar-refractivity contribution in [3.63, 3.8) is 0 Å². The SMILES string of the molecule is Cc1cccc([N+](=O)[O-])c1S(=O)(=O)N(C)CC(=O)N1CCNCC1.Cl. The van der Waals surface area contributed by atoms with Crippen molar-refractivity contribution in [3.8, 4) is 0 Å². The highest BCUT2D eigenvalue weighted by Crippen LogP contribution is 2.29. The Balaban J connectivity index is 0.00000312. The average molecular weight is 393 g/mol. The summed E-state index contributed by atoms with van der Waals surface area (Å²) in [7, 11) is -2.89. The Bertz CT molecular complexity index is 750. The first-order valence-corrected chi connectivity index (χ1v) is 8.88. The van der Waals surface area contributed by atoms with Gasteiger partial charge in [-0.25, -0.2) is 8.42 Å². The van der Waals surface area contributed by atoms with Crippen LogP contribution in [0.3, 0.4) is 0 Å². The number of carbonyl (C=O) groups excluding carboxylic acids is 1. The molecule has 140 valence electrons. The molecule has 11 heteroatoms. The number of hydrogen-bond donors (Lipinski definition) is 1. The van der Waals surface area contributed by atoms with E-state index >= 15 is 0 Å². The Kier molecular flexibility index (Phi) is 7.29.